The van der Waals surface area contributed by atoms with Crippen molar-refractivity contribution in [1.29, 1.82) is 0 Å². The topological polar surface area (TPSA) is 42.7 Å². The molecule has 0 saturated heterocycles. The van der Waals surface area contributed by atoms with E-state index in [1.54, 1.807) is 17.5 Å². The second-order valence-electron chi connectivity index (χ2n) is 3.84. The van der Waals surface area contributed by atoms with Gasteiger partial charge in [0, 0.05) is 25.4 Å². The Labute approximate surface area is 110 Å². The van der Waals surface area contributed by atoms with Crippen molar-refractivity contribution in [2.45, 2.75) is 19.9 Å². The highest BCUT2D eigenvalue weighted by atomic mass is 35.5. The standard InChI is InChI=1S/C11H15ClN4S/c1-8-15-9(7-17-8)3-4-13-6-11-14-5-10(12)16(11)2/h5,7,13H,3-4,6H2,1-2H3. The lowest BCUT2D eigenvalue weighted by Crippen LogP contribution is -2.19. The Kier molecular flexibility index (Phi) is 4.15. The third kappa shape index (κ3) is 3.28. The van der Waals surface area contributed by atoms with Gasteiger partial charge in [0.05, 0.1) is 23.4 Å². The van der Waals surface area contributed by atoms with Gasteiger partial charge in [-0.2, -0.15) is 0 Å². The second kappa shape index (κ2) is 5.62. The van der Waals surface area contributed by atoms with E-state index in [4.69, 9.17) is 11.6 Å². The Balaban J connectivity index is 1.75. The number of hydrogen-bond acceptors (Lipinski definition) is 4. The minimum atomic E-state index is 0.664. The second-order valence-corrected chi connectivity index (χ2v) is 5.29. The van der Waals surface area contributed by atoms with Crippen LogP contribution in [0.3, 0.4) is 0 Å². The van der Waals surface area contributed by atoms with Crippen molar-refractivity contribution in [3.05, 3.63) is 33.3 Å². The van der Waals surface area contributed by atoms with Gasteiger partial charge in [-0.05, 0) is 6.92 Å². The monoisotopic (exact) mass is 270 g/mol. The molecule has 4 nitrogen and oxygen atoms in total. The van der Waals surface area contributed by atoms with Crippen LogP contribution >= 0.6 is 22.9 Å². The number of rotatable bonds is 5. The number of nitrogens with zero attached hydrogens (tertiary/aromatic N) is 3. The zero-order valence-electron chi connectivity index (χ0n) is 9.90. The Morgan fingerprint density at radius 3 is 2.94 bits per heavy atom. The summed E-state index contributed by atoms with van der Waals surface area (Å²) in [4.78, 5) is 8.63. The van der Waals surface area contributed by atoms with Crippen molar-refractivity contribution in [3.63, 3.8) is 0 Å². The molecule has 1 N–H and O–H groups in total. The Bertz CT molecular complexity index is 491. The van der Waals surface area contributed by atoms with E-state index < -0.39 is 0 Å². The number of aromatic nitrogens is 3. The summed E-state index contributed by atoms with van der Waals surface area (Å²) in [6.45, 7) is 3.65. The first-order chi connectivity index (χ1) is 8.16. The zero-order valence-corrected chi connectivity index (χ0v) is 11.5. The molecule has 0 unspecified atom stereocenters. The fraction of sp³-hybridized carbons (Fsp3) is 0.455. The first-order valence-electron chi connectivity index (χ1n) is 5.44. The van der Waals surface area contributed by atoms with E-state index in [2.05, 4.69) is 20.7 Å². The van der Waals surface area contributed by atoms with Crippen LogP contribution in [-0.4, -0.2) is 21.1 Å². The van der Waals surface area contributed by atoms with Gasteiger partial charge in [0.15, 0.2) is 0 Å². The Morgan fingerprint density at radius 2 is 2.35 bits per heavy atom. The van der Waals surface area contributed by atoms with Gasteiger partial charge in [-0.1, -0.05) is 11.6 Å². The zero-order chi connectivity index (χ0) is 12.3. The molecule has 0 amide bonds. The quantitative estimate of drug-likeness (QED) is 0.847. The molecule has 6 heteroatoms. The molecule has 2 aromatic rings. The Hall–Kier alpha value is -0.910. The first-order valence-corrected chi connectivity index (χ1v) is 6.70. The summed E-state index contributed by atoms with van der Waals surface area (Å²) in [5, 5.41) is 7.23. The van der Waals surface area contributed by atoms with E-state index in [1.165, 1.54) is 0 Å². The molecule has 0 aliphatic carbocycles. The predicted molar refractivity (Wildman–Crippen MR) is 70.5 cm³/mol. The van der Waals surface area contributed by atoms with E-state index in [1.807, 2.05) is 18.5 Å². The van der Waals surface area contributed by atoms with E-state index in [9.17, 15) is 0 Å². The lowest BCUT2D eigenvalue weighted by atomic mass is 10.3. The smallest absolute Gasteiger partial charge is 0.128 e. The third-order valence-electron chi connectivity index (χ3n) is 2.54. The molecule has 0 saturated carbocycles. The number of halogens is 1. The van der Waals surface area contributed by atoms with E-state index in [0.29, 0.717) is 5.15 Å². The average Bonchev–Trinajstić information content (AvgIpc) is 2.84. The molecule has 2 rings (SSSR count). The molecular weight excluding hydrogens is 256 g/mol. The largest absolute Gasteiger partial charge is 0.321 e. The molecule has 92 valence electrons. The van der Waals surface area contributed by atoms with E-state index in [-0.39, 0.29) is 0 Å². The predicted octanol–water partition coefficient (Wildman–Crippen LogP) is 2.17. The van der Waals surface area contributed by atoms with Gasteiger partial charge in [-0.25, -0.2) is 9.97 Å². The van der Waals surface area contributed by atoms with Crippen molar-refractivity contribution in [1.82, 2.24) is 19.9 Å². The molecule has 0 bridgehead atoms. The van der Waals surface area contributed by atoms with Crippen molar-refractivity contribution in [3.8, 4) is 0 Å². The fourth-order valence-corrected chi connectivity index (χ4v) is 2.32. The highest BCUT2D eigenvalue weighted by Crippen LogP contribution is 2.09. The molecule has 0 aliphatic heterocycles. The minimum Gasteiger partial charge on any atom is -0.321 e. The van der Waals surface area contributed by atoms with Crippen LogP contribution in [0.5, 0.6) is 0 Å². The van der Waals surface area contributed by atoms with Crippen molar-refractivity contribution >= 4 is 22.9 Å². The fourth-order valence-electron chi connectivity index (χ4n) is 1.53. The van der Waals surface area contributed by atoms with Crippen LogP contribution in [0.4, 0.5) is 0 Å². The summed E-state index contributed by atoms with van der Waals surface area (Å²) >= 11 is 7.60. The van der Waals surface area contributed by atoms with Crippen LogP contribution < -0.4 is 5.32 Å². The lowest BCUT2D eigenvalue weighted by molar-refractivity contribution is 0.634. The SMILES string of the molecule is Cc1nc(CCNCc2ncc(Cl)n2C)cs1. The number of hydrogen-bond donors (Lipinski definition) is 1. The van der Waals surface area contributed by atoms with Crippen molar-refractivity contribution in [2.24, 2.45) is 7.05 Å². The van der Waals surface area contributed by atoms with Gasteiger partial charge in [0.25, 0.3) is 0 Å². The van der Waals surface area contributed by atoms with Crippen LogP contribution in [-0.2, 0) is 20.0 Å². The minimum absolute atomic E-state index is 0.664. The van der Waals surface area contributed by atoms with Crippen LogP contribution in [0, 0.1) is 6.92 Å². The maximum Gasteiger partial charge on any atom is 0.128 e. The molecule has 0 atom stereocenters. The van der Waals surface area contributed by atoms with E-state index in [0.717, 1.165) is 36.0 Å². The molecular formula is C11H15ClN4S. The van der Waals surface area contributed by atoms with Gasteiger partial charge in [0.2, 0.25) is 0 Å². The van der Waals surface area contributed by atoms with Gasteiger partial charge in [-0.15, -0.1) is 11.3 Å². The summed E-state index contributed by atoms with van der Waals surface area (Å²) in [6.07, 6.45) is 2.62. The highest BCUT2D eigenvalue weighted by molar-refractivity contribution is 7.09. The van der Waals surface area contributed by atoms with E-state index >= 15 is 0 Å². The highest BCUT2D eigenvalue weighted by Gasteiger charge is 2.03. The number of aryl methyl sites for hydroxylation is 1. The van der Waals surface area contributed by atoms with Gasteiger partial charge >= 0.3 is 0 Å². The molecule has 2 heterocycles. The third-order valence-corrected chi connectivity index (χ3v) is 3.71. The van der Waals surface area contributed by atoms with Crippen LogP contribution in [0.25, 0.3) is 0 Å². The van der Waals surface area contributed by atoms with Crippen LogP contribution in [0.2, 0.25) is 5.15 Å². The van der Waals surface area contributed by atoms with Gasteiger partial charge < -0.3 is 9.88 Å². The van der Waals surface area contributed by atoms with Crippen molar-refractivity contribution < 1.29 is 0 Å². The van der Waals surface area contributed by atoms with Gasteiger partial charge in [0.1, 0.15) is 11.0 Å². The van der Waals surface area contributed by atoms with Crippen LogP contribution in [0.15, 0.2) is 11.6 Å². The normalized spacial score (nSPS) is 11.0. The maximum atomic E-state index is 5.90. The molecule has 0 radical (unpaired) electrons. The summed E-state index contributed by atoms with van der Waals surface area (Å²) in [5.74, 6) is 0.949. The molecule has 0 spiro atoms. The summed E-state index contributed by atoms with van der Waals surface area (Å²) in [5.41, 5.74) is 1.15. The summed E-state index contributed by atoms with van der Waals surface area (Å²) in [6, 6.07) is 0. The summed E-state index contributed by atoms with van der Waals surface area (Å²) in [7, 11) is 1.91. The molecule has 0 fully saturated rings. The number of thiazole rings is 1. The number of nitrogens with one attached hydrogen (secondary N) is 1. The molecule has 2 aromatic heterocycles. The number of imidazole rings is 1. The van der Waals surface area contributed by atoms with Crippen LogP contribution in [0.1, 0.15) is 16.5 Å². The van der Waals surface area contributed by atoms with Crippen molar-refractivity contribution in [2.75, 3.05) is 6.54 Å². The first kappa shape index (κ1) is 12.5. The lowest BCUT2D eigenvalue weighted by Gasteiger charge is -2.04. The maximum absolute atomic E-state index is 5.90. The Morgan fingerprint density at radius 1 is 1.53 bits per heavy atom. The summed E-state index contributed by atoms with van der Waals surface area (Å²) < 4.78 is 1.88. The average molecular weight is 271 g/mol. The molecule has 0 aliphatic rings. The van der Waals surface area contributed by atoms with Gasteiger partial charge in [-0.3, -0.25) is 0 Å². The molecule has 0 aromatic carbocycles. The molecule has 17 heavy (non-hydrogen) atoms.